The van der Waals surface area contributed by atoms with E-state index in [1.54, 1.807) is 6.07 Å². The highest BCUT2D eigenvalue weighted by Crippen LogP contribution is 2.30. The molecule has 4 heteroatoms. The number of aryl methyl sites for hydroxylation is 1. The number of hydrogen-bond acceptors (Lipinski definition) is 1. The Morgan fingerprint density at radius 3 is 2.57 bits per heavy atom. The van der Waals surface area contributed by atoms with Crippen LogP contribution in [0.2, 0.25) is 0 Å². The van der Waals surface area contributed by atoms with Crippen molar-refractivity contribution in [2.24, 2.45) is 0 Å². The molecule has 1 atom stereocenters. The van der Waals surface area contributed by atoms with Gasteiger partial charge in [-0.15, -0.1) is 0 Å². The molecule has 112 valence electrons. The van der Waals surface area contributed by atoms with Crippen LogP contribution >= 0.6 is 31.9 Å². The van der Waals surface area contributed by atoms with Gasteiger partial charge in [-0.3, -0.25) is 0 Å². The van der Waals surface area contributed by atoms with Crippen molar-refractivity contribution in [3.8, 4) is 0 Å². The fourth-order valence-corrected chi connectivity index (χ4v) is 2.92. The molecule has 0 aliphatic rings. The number of nitrogens with one attached hydrogen (secondary N) is 1. The third kappa shape index (κ3) is 3.93. The number of benzene rings is 2. The van der Waals surface area contributed by atoms with Crippen molar-refractivity contribution >= 4 is 31.9 Å². The average Bonchev–Trinajstić information content (AvgIpc) is 2.47. The monoisotopic (exact) mass is 413 g/mol. The highest BCUT2D eigenvalue weighted by molar-refractivity contribution is 9.10. The zero-order chi connectivity index (χ0) is 15.4. The number of rotatable bonds is 5. The lowest BCUT2D eigenvalue weighted by Gasteiger charge is -2.21. The van der Waals surface area contributed by atoms with Crippen LogP contribution in [0.15, 0.2) is 45.3 Å². The van der Waals surface area contributed by atoms with Gasteiger partial charge in [0.05, 0.1) is 10.5 Å². The van der Waals surface area contributed by atoms with Crippen molar-refractivity contribution in [2.45, 2.75) is 26.3 Å². The largest absolute Gasteiger partial charge is 0.306 e. The van der Waals surface area contributed by atoms with E-state index in [1.807, 2.05) is 31.2 Å². The second kappa shape index (κ2) is 7.52. The molecule has 1 unspecified atom stereocenters. The lowest BCUT2D eigenvalue weighted by Crippen LogP contribution is -2.24. The van der Waals surface area contributed by atoms with Gasteiger partial charge >= 0.3 is 0 Å². The second-order valence-corrected chi connectivity index (χ2v) is 6.75. The van der Waals surface area contributed by atoms with E-state index in [9.17, 15) is 4.39 Å². The maximum atomic E-state index is 14.4. The molecule has 0 aliphatic heterocycles. The number of halogens is 3. The second-order valence-electron chi connectivity index (χ2n) is 5.04. The highest BCUT2D eigenvalue weighted by atomic mass is 79.9. The normalized spacial score (nSPS) is 12.4. The van der Waals surface area contributed by atoms with Crippen molar-refractivity contribution in [3.05, 3.63) is 67.9 Å². The van der Waals surface area contributed by atoms with Gasteiger partial charge in [-0.25, -0.2) is 4.39 Å². The summed E-state index contributed by atoms with van der Waals surface area (Å²) in [5, 5.41) is 3.44. The maximum absolute atomic E-state index is 14.4. The smallest absolute Gasteiger partial charge is 0.142 e. The summed E-state index contributed by atoms with van der Waals surface area (Å²) in [7, 11) is 0. The third-order valence-corrected chi connectivity index (χ3v) is 4.91. The molecule has 0 bridgehead atoms. The van der Waals surface area contributed by atoms with Gasteiger partial charge in [-0.05, 0) is 59.1 Å². The van der Waals surface area contributed by atoms with Crippen molar-refractivity contribution in [2.75, 3.05) is 6.54 Å². The minimum atomic E-state index is -0.202. The van der Waals surface area contributed by atoms with Gasteiger partial charge < -0.3 is 5.32 Å². The van der Waals surface area contributed by atoms with Gasteiger partial charge in [0.25, 0.3) is 0 Å². The molecule has 2 rings (SSSR count). The minimum Gasteiger partial charge on any atom is -0.306 e. The van der Waals surface area contributed by atoms with Gasteiger partial charge in [-0.2, -0.15) is 0 Å². The van der Waals surface area contributed by atoms with Crippen LogP contribution in [0.4, 0.5) is 4.39 Å². The van der Waals surface area contributed by atoms with E-state index in [2.05, 4.69) is 50.2 Å². The molecular formula is C17H18Br2FN. The van der Waals surface area contributed by atoms with Crippen LogP contribution in [0, 0.1) is 12.7 Å². The highest BCUT2D eigenvalue weighted by Gasteiger charge is 2.19. The van der Waals surface area contributed by atoms with Crippen molar-refractivity contribution in [1.82, 2.24) is 5.32 Å². The molecular weight excluding hydrogens is 397 g/mol. The first kappa shape index (κ1) is 16.7. The Hall–Kier alpha value is -0.710. The Bertz CT molecular complexity index is 628. The van der Waals surface area contributed by atoms with Gasteiger partial charge in [0.2, 0.25) is 0 Å². The molecule has 0 amide bonds. The summed E-state index contributed by atoms with van der Waals surface area (Å²) >= 11 is 6.78. The first-order valence-corrected chi connectivity index (χ1v) is 8.56. The van der Waals surface area contributed by atoms with E-state index in [0.717, 1.165) is 28.6 Å². The summed E-state index contributed by atoms with van der Waals surface area (Å²) in [5.41, 5.74) is 2.88. The Morgan fingerprint density at radius 1 is 1.14 bits per heavy atom. The third-order valence-electron chi connectivity index (χ3n) is 3.41. The fraction of sp³-hybridized carbons (Fsp3) is 0.294. The topological polar surface area (TPSA) is 12.0 Å². The van der Waals surface area contributed by atoms with Crippen LogP contribution in [0.3, 0.4) is 0 Å². The van der Waals surface area contributed by atoms with Crippen LogP contribution in [0.5, 0.6) is 0 Å². The van der Waals surface area contributed by atoms with Crippen LogP contribution < -0.4 is 5.32 Å². The summed E-state index contributed by atoms with van der Waals surface area (Å²) in [6, 6.07) is 11.4. The minimum absolute atomic E-state index is 0.144. The van der Waals surface area contributed by atoms with Crippen molar-refractivity contribution in [1.29, 1.82) is 0 Å². The standard InChI is InChI=1S/C17H18Br2FN/c1-3-9-21-17(12-7-8-14(18)11(2)10-12)13-5-4-6-15(19)16(13)20/h4-8,10,17,21H,3,9H2,1-2H3. The summed E-state index contributed by atoms with van der Waals surface area (Å²) < 4.78 is 16.0. The average molecular weight is 415 g/mol. The summed E-state index contributed by atoms with van der Waals surface area (Å²) in [6.45, 7) is 4.99. The number of hydrogen-bond donors (Lipinski definition) is 1. The van der Waals surface area contributed by atoms with Gasteiger partial charge in [-0.1, -0.05) is 47.1 Å². The maximum Gasteiger partial charge on any atom is 0.142 e. The van der Waals surface area contributed by atoms with Gasteiger partial charge in [0.1, 0.15) is 5.82 Å². The predicted octanol–water partition coefficient (Wildman–Crippen LogP) is 5.75. The molecule has 0 aromatic heterocycles. The van der Waals surface area contributed by atoms with Gasteiger partial charge in [0, 0.05) is 10.0 Å². The first-order valence-electron chi connectivity index (χ1n) is 6.98. The predicted molar refractivity (Wildman–Crippen MR) is 93.1 cm³/mol. The zero-order valence-corrected chi connectivity index (χ0v) is 15.3. The lowest BCUT2D eigenvalue weighted by molar-refractivity contribution is 0.543. The Balaban J connectivity index is 2.47. The van der Waals surface area contributed by atoms with Crippen LogP contribution in [0.1, 0.15) is 36.1 Å². The van der Waals surface area contributed by atoms with E-state index in [0.29, 0.717) is 10.0 Å². The van der Waals surface area contributed by atoms with E-state index in [4.69, 9.17) is 0 Å². The molecule has 2 aromatic rings. The molecule has 0 heterocycles. The molecule has 1 N–H and O–H groups in total. The molecule has 21 heavy (non-hydrogen) atoms. The van der Waals surface area contributed by atoms with Crippen LogP contribution in [-0.2, 0) is 0 Å². The molecule has 0 aliphatic carbocycles. The first-order chi connectivity index (χ1) is 10.0. The molecule has 0 saturated carbocycles. The lowest BCUT2D eigenvalue weighted by atomic mass is 9.96. The quantitative estimate of drug-likeness (QED) is 0.656. The van der Waals surface area contributed by atoms with Crippen LogP contribution in [0.25, 0.3) is 0 Å². The molecule has 0 spiro atoms. The molecule has 0 fully saturated rings. The Labute approximate surface area is 142 Å². The van der Waals surface area contributed by atoms with E-state index in [-0.39, 0.29) is 11.9 Å². The molecule has 1 nitrogen and oxygen atoms in total. The van der Waals surface area contributed by atoms with Crippen molar-refractivity contribution in [3.63, 3.8) is 0 Å². The Morgan fingerprint density at radius 2 is 1.90 bits per heavy atom. The summed E-state index contributed by atoms with van der Waals surface area (Å²) in [6.07, 6.45) is 1.00. The summed E-state index contributed by atoms with van der Waals surface area (Å²) in [4.78, 5) is 0. The SMILES string of the molecule is CCCNC(c1ccc(Br)c(C)c1)c1cccc(Br)c1F. The van der Waals surface area contributed by atoms with E-state index < -0.39 is 0 Å². The van der Waals surface area contributed by atoms with E-state index in [1.165, 1.54) is 0 Å². The fourth-order valence-electron chi connectivity index (χ4n) is 2.29. The van der Waals surface area contributed by atoms with Gasteiger partial charge in [0.15, 0.2) is 0 Å². The molecule has 0 saturated heterocycles. The molecule has 0 radical (unpaired) electrons. The van der Waals surface area contributed by atoms with Crippen molar-refractivity contribution < 1.29 is 4.39 Å². The van der Waals surface area contributed by atoms with E-state index >= 15 is 0 Å². The molecule has 2 aromatic carbocycles. The zero-order valence-electron chi connectivity index (χ0n) is 12.1. The van der Waals surface area contributed by atoms with Crippen LogP contribution in [-0.4, -0.2) is 6.54 Å². The summed E-state index contributed by atoms with van der Waals surface area (Å²) in [5.74, 6) is -0.202. The Kier molecular flexibility index (Phi) is 5.97.